The van der Waals surface area contributed by atoms with Gasteiger partial charge in [0.15, 0.2) is 12.0 Å². The molecule has 0 saturated heterocycles. The molecule has 0 heterocycles. The van der Waals surface area contributed by atoms with Gasteiger partial charge in [-0.2, -0.15) is 0 Å². The van der Waals surface area contributed by atoms with Gasteiger partial charge in [0.05, 0.1) is 25.6 Å². The van der Waals surface area contributed by atoms with Gasteiger partial charge in [-0.1, -0.05) is 50.2 Å². The Balaban J connectivity index is 2.11. The van der Waals surface area contributed by atoms with Gasteiger partial charge < -0.3 is 23.7 Å². The summed E-state index contributed by atoms with van der Waals surface area (Å²) < 4.78 is 28.7. The molecule has 0 bridgehead atoms. The van der Waals surface area contributed by atoms with Crippen LogP contribution in [0.5, 0.6) is 11.5 Å². The highest BCUT2D eigenvalue weighted by atomic mass is 79.9. The molecule has 0 fully saturated rings. The Bertz CT molecular complexity index is 1230. The maximum atomic E-state index is 11.5. The lowest BCUT2D eigenvalue weighted by molar-refractivity contribution is -0.144. The van der Waals surface area contributed by atoms with Crippen LogP contribution in [0.3, 0.4) is 0 Å². The molecule has 218 valence electrons. The van der Waals surface area contributed by atoms with E-state index in [2.05, 4.69) is 45.0 Å². The number of carbonyl (C=O) groups is 2. The van der Waals surface area contributed by atoms with E-state index in [0.29, 0.717) is 35.9 Å². The first-order valence-corrected chi connectivity index (χ1v) is 14.5. The molecule has 0 aromatic heterocycles. The topological polar surface area (TPSA) is 80.3 Å². The predicted octanol–water partition coefficient (Wildman–Crippen LogP) is 8.20. The molecule has 7 nitrogen and oxygen atoms in total. The second-order valence-electron chi connectivity index (χ2n) is 9.40. The number of ether oxygens (including phenoxy) is 5. The van der Waals surface area contributed by atoms with Crippen molar-refractivity contribution in [3.8, 4) is 11.5 Å². The van der Waals surface area contributed by atoms with Crippen LogP contribution >= 0.6 is 55.1 Å². The van der Waals surface area contributed by atoms with Crippen molar-refractivity contribution < 1.29 is 33.3 Å². The molecule has 2 rings (SSSR count). The summed E-state index contributed by atoms with van der Waals surface area (Å²) in [5.74, 6) is -0.0812. The van der Waals surface area contributed by atoms with Gasteiger partial charge in [-0.25, -0.2) is 9.59 Å². The number of halogens is 4. The summed E-state index contributed by atoms with van der Waals surface area (Å²) in [6.07, 6.45) is -0.693. The van der Waals surface area contributed by atoms with E-state index in [4.69, 9.17) is 46.9 Å². The Morgan fingerprint density at radius 1 is 0.825 bits per heavy atom. The van der Waals surface area contributed by atoms with Crippen molar-refractivity contribution >= 4 is 67.0 Å². The van der Waals surface area contributed by atoms with Gasteiger partial charge in [-0.3, -0.25) is 0 Å². The largest absolute Gasteiger partial charge is 0.488 e. The Morgan fingerprint density at radius 2 is 1.27 bits per heavy atom. The molecule has 0 N–H and O–H groups in total. The summed E-state index contributed by atoms with van der Waals surface area (Å²) in [4.78, 5) is 23.0. The lowest BCUT2D eigenvalue weighted by atomic mass is 9.78. The predicted molar refractivity (Wildman–Crippen MR) is 164 cm³/mol. The van der Waals surface area contributed by atoms with Crippen LogP contribution in [0.15, 0.2) is 57.5 Å². The van der Waals surface area contributed by atoms with Crippen molar-refractivity contribution in [3.05, 3.63) is 78.7 Å². The summed E-state index contributed by atoms with van der Waals surface area (Å²) in [7, 11) is 0. The molecule has 0 aliphatic carbocycles. The standard InChI is InChI=1S/C29H32Br2Cl2O7/c1-16(2)27(34)38-10-8-36-18(5)40-26-23(32)14-20(15-24(26)33)29(6,7)19-12-21(30)25(22(31)13-19)37-9-11-39-28(35)17(3)4/h12-15,18H,1,3,8-11H2,2,4-7H3. The molecule has 2 aromatic carbocycles. The van der Waals surface area contributed by atoms with Gasteiger partial charge in [0, 0.05) is 16.6 Å². The molecule has 0 radical (unpaired) electrons. The highest BCUT2D eigenvalue weighted by Gasteiger charge is 2.28. The number of hydrogen-bond donors (Lipinski definition) is 0. The zero-order valence-corrected chi connectivity index (χ0v) is 27.7. The van der Waals surface area contributed by atoms with Gasteiger partial charge in [0.25, 0.3) is 0 Å². The molecular formula is C29H32Br2Cl2O7. The van der Waals surface area contributed by atoms with E-state index in [1.54, 1.807) is 32.9 Å². The SMILES string of the molecule is C=C(C)C(=O)OCCOc1c(Br)cc(C(C)(C)c2cc(Cl)c(OC(C)OCCOC(=O)C(=C)C)c(Cl)c2)cc1Br. The van der Waals surface area contributed by atoms with Crippen LogP contribution in [0.25, 0.3) is 0 Å². The third-order valence-corrected chi connectivity index (χ3v) is 7.39. The van der Waals surface area contributed by atoms with Gasteiger partial charge in [-0.15, -0.1) is 0 Å². The van der Waals surface area contributed by atoms with E-state index in [9.17, 15) is 9.59 Å². The van der Waals surface area contributed by atoms with Crippen LogP contribution in [-0.2, 0) is 29.2 Å². The highest BCUT2D eigenvalue weighted by molar-refractivity contribution is 9.11. The molecule has 0 aliphatic heterocycles. The Kier molecular flexibility index (Phi) is 13.0. The first-order chi connectivity index (χ1) is 18.6. The van der Waals surface area contributed by atoms with Crippen LogP contribution in [0.4, 0.5) is 0 Å². The number of benzene rings is 2. The smallest absolute Gasteiger partial charge is 0.333 e. The quantitative estimate of drug-likeness (QED) is 0.0842. The van der Waals surface area contributed by atoms with Crippen LogP contribution in [0.1, 0.15) is 45.7 Å². The van der Waals surface area contributed by atoms with Gasteiger partial charge in [0.2, 0.25) is 0 Å². The van der Waals surface area contributed by atoms with E-state index < -0.39 is 23.6 Å². The van der Waals surface area contributed by atoms with Crippen LogP contribution in [0.2, 0.25) is 10.0 Å². The fourth-order valence-corrected chi connectivity index (χ4v) is 5.32. The fourth-order valence-electron chi connectivity index (χ4n) is 3.33. The maximum Gasteiger partial charge on any atom is 0.333 e. The van der Waals surface area contributed by atoms with E-state index in [1.807, 2.05) is 26.0 Å². The molecule has 0 aliphatic rings. The summed E-state index contributed by atoms with van der Waals surface area (Å²) in [6.45, 7) is 16.5. The van der Waals surface area contributed by atoms with Gasteiger partial charge in [-0.05, 0) is 88.0 Å². The maximum absolute atomic E-state index is 11.5. The van der Waals surface area contributed by atoms with Crippen molar-refractivity contribution in [2.24, 2.45) is 0 Å². The minimum Gasteiger partial charge on any atom is -0.488 e. The van der Waals surface area contributed by atoms with Gasteiger partial charge in [0.1, 0.15) is 25.6 Å². The number of carbonyl (C=O) groups excluding carboxylic acids is 2. The summed E-state index contributed by atoms with van der Waals surface area (Å²) in [5, 5.41) is 0.643. The average molecular weight is 723 g/mol. The van der Waals surface area contributed by atoms with Crippen molar-refractivity contribution in [1.82, 2.24) is 0 Å². The second-order valence-corrected chi connectivity index (χ2v) is 11.9. The van der Waals surface area contributed by atoms with E-state index in [-0.39, 0.29) is 32.2 Å². The normalized spacial score (nSPS) is 11.9. The molecule has 0 amide bonds. The van der Waals surface area contributed by atoms with Crippen molar-refractivity contribution in [1.29, 1.82) is 0 Å². The average Bonchev–Trinajstić information content (AvgIpc) is 2.86. The summed E-state index contributed by atoms with van der Waals surface area (Å²) in [6, 6.07) is 7.49. The third kappa shape index (κ3) is 9.52. The van der Waals surface area contributed by atoms with Crippen molar-refractivity contribution in [2.75, 3.05) is 26.4 Å². The number of esters is 2. The molecule has 1 unspecified atom stereocenters. The Morgan fingerprint density at radius 3 is 1.75 bits per heavy atom. The number of rotatable bonds is 14. The summed E-state index contributed by atoms with van der Waals surface area (Å²) >= 11 is 20.3. The van der Waals surface area contributed by atoms with Crippen LogP contribution in [0, 0.1) is 0 Å². The first-order valence-electron chi connectivity index (χ1n) is 12.2. The fraction of sp³-hybridized carbons (Fsp3) is 0.379. The second kappa shape index (κ2) is 15.3. The van der Waals surface area contributed by atoms with Crippen LogP contribution < -0.4 is 9.47 Å². The zero-order valence-electron chi connectivity index (χ0n) is 23.0. The third-order valence-electron chi connectivity index (χ3n) is 5.65. The molecular weight excluding hydrogens is 691 g/mol. The minimum absolute atomic E-state index is 0.0609. The molecule has 40 heavy (non-hydrogen) atoms. The van der Waals surface area contributed by atoms with Crippen molar-refractivity contribution in [3.63, 3.8) is 0 Å². The molecule has 2 aromatic rings. The molecule has 11 heteroatoms. The minimum atomic E-state index is -0.693. The van der Waals surface area contributed by atoms with Gasteiger partial charge >= 0.3 is 11.9 Å². The van der Waals surface area contributed by atoms with E-state index in [1.165, 1.54) is 0 Å². The lowest BCUT2D eigenvalue weighted by Gasteiger charge is -2.28. The highest BCUT2D eigenvalue weighted by Crippen LogP contribution is 2.44. The first kappa shape index (κ1) is 34.2. The van der Waals surface area contributed by atoms with Crippen molar-refractivity contribution in [2.45, 2.75) is 46.3 Å². The molecule has 0 saturated carbocycles. The Hall–Kier alpha value is -2.04. The lowest BCUT2D eigenvalue weighted by Crippen LogP contribution is -2.22. The molecule has 0 spiro atoms. The monoisotopic (exact) mass is 720 g/mol. The Labute approximate surface area is 262 Å². The molecule has 1 atom stereocenters. The van der Waals surface area contributed by atoms with E-state index >= 15 is 0 Å². The summed E-state index contributed by atoms with van der Waals surface area (Å²) in [5.41, 5.74) is 1.94. The zero-order chi connectivity index (χ0) is 30.2. The number of hydrogen-bond acceptors (Lipinski definition) is 7. The van der Waals surface area contributed by atoms with Crippen LogP contribution in [-0.4, -0.2) is 44.7 Å². The van der Waals surface area contributed by atoms with E-state index in [0.717, 1.165) is 11.1 Å².